The summed E-state index contributed by atoms with van der Waals surface area (Å²) >= 11 is 0. The van der Waals surface area contributed by atoms with Gasteiger partial charge in [0, 0.05) is 44.6 Å². The minimum absolute atomic E-state index is 0.00450. The summed E-state index contributed by atoms with van der Waals surface area (Å²) < 4.78 is 78.7. The van der Waals surface area contributed by atoms with Crippen LogP contribution in [0.25, 0.3) is 0 Å². The minimum Gasteiger partial charge on any atom is -0.445 e. The summed E-state index contributed by atoms with van der Waals surface area (Å²) in [5.41, 5.74) is 0.693. The van der Waals surface area contributed by atoms with Crippen LogP contribution >= 0.6 is 0 Å². The van der Waals surface area contributed by atoms with Crippen LogP contribution in [0.5, 0.6) is 0 Å². The highest BCUT2D eigenvalue weighted by Gasteiger charge is 2.26. The summed E-state index contributed by atoms with van der Waals surface area (Å²) in [6.45, 7) is 4.74. The Labute approximate surface area is 364 Å². The molecule has 1 aromatic carbocycles. The van der Waals surface area contributed by atoms with Crippen LogP contribution in [-0.2, 0) is 11.3 Å². The molecule has 1 aromatic rings. The van der Waals surface area contributed by atoms with E-state index in [9.17, 15) is 41.3 Å². The molecular weight excluding hydrogens is 799 g/mol. The number of hydrogen-bond donors (Lipinski definition) is 2. The summed E-state index contributed by atoms with van der Waals surface area (Å²) in [7, 11) is 0. The predicted molar refractivity (Wildman–Crippen MR) is 236 cm³/mol. The van der Waals surface area contributed by atoms with E-state index in [0.717, 1.165) is 90.3 Å². The summed E-state index contributed by atoms with van der Waals surface area (Å²) in [5, 5.41) is 18.0. The number of alkyl halides is 6. The smallest absolute Gasteiger partial charge is 0.410 e. The molecule has 1 rings (SSSR count). The van der Waals surface area contributed by atoms with Crippen LogP contribution in [0.15, 0.2) is 24.3 Å². The average Bonchev–Trinajstić information content (AvgIpc) is 3.21. The van der Waals surface area contributed by atoms with Crippen molar-refractivity contribution in [2.24, 2.45) is 0 Å². The third kappa shape index (κ3) is 38.8. The maximum atomic E-state index is 13.1. The number of hydrogen-bond acceptors (Lipinski definition) is 6. The molecule has 1 amide bonds. The van der Waals surface area contributed by atoms with E-state index in [1.807, 2.05) is 0 Å². The number of nitrogens with zero attached hydrogens (tertiary/aromatic N) is 2. The van der Waals surface area contributed by atoms with Crippen LogP contribution in [0.4, 0.5) is 36.8 Å². The SMILES string of the molecule is O=C(OCc1ccc([N+](=O)[O-])cc1)N(CCCCCNCCCCCCCCCCCCCCCC(F)(F)F)CCNCCCCCCCCCCCCCCCC(F)(F)F. The number of benzene rings is 1. The maximum Gasteiger partial charge on any atom is 0.410 e. The first-order valence-corrected chi connectivity index (χ1v) is 24.1. The molecule has 0 radical (unpaired) electrons. The zero-order valence-electron chi connectivity index (χ0n) is 37.5. The molecule has 8 nitrogen and oxygen atoms in total. The summed E-state index contributed by atoms with van der Waals surface area (Å²) in [6.07, 6.45) is 20.5. The molecule has 0 aliphatic rings. The van der Waals surface area contributed by atoms with Gasteiger partial charge in [-0.05, 0) is 75.9 Å². The molecule has 0 unspecified atom stereocenters. The number of halogens is 6. The van der Waals surface area contributed by atoms with Crippen LogP contribution < -0.4 is 10.6 Å². The Hall–Kier alpha value is -2.61. The highest BCUT2D eigenvalue weighted by Crippen LogP contribution is 2.24. The Morgan fingerprint density at radius 1 is 0.492 bits per heavy atom. The second-order valence-electron chi connectivity index (χ2n) is 16.9. The van der Waals surface area contributed by atoms with Gasteiger partial charge in [0.15, 0.2) is 0 Å². The second-order valence-corrected chi connectivity index (χ2v) is 16.9. The van der Waals surface area contributed by atoms with Gasteiger partial charge in [-0.1, -0.05) is 148 Å². The standard InChI is InChI=1S/C47H82F6N4O4/c48-46(49,50)34-24-19-15-11-7-3-1-5-9-13-17-21-26-36-54-37-28-23-29-40-56(45(58)61-42-43-30-32-44(33-31-43)57(59)60)41-39-55-38-27-22-18-14-10-6-2-4-8-12-16-20-25-35-47(51,52)53/h30-33,54-55H,1-29,34-42H2. The number of amides is 1. The Balaban J connectivity index is 2.12. The fourth-order valence-corrected chi connectivity index (χ4v) is 7.48. The van der Waals surface area contributed by atoms with Crippen molar-refractivity contribution in [3.05, 3.63) is 39.9 Å². The first kappa shape index (κ1) is 56.4. The maximum absolute atomic E-state index is 13.1. The lowest BCUT2D eigenvalue weighted by molar-refractivity contribution is -0.384. The predicted octanol–water partition coefficient (Wildman–Crippen LogP) is 14.9. The molecule has 2 N–H and O–H groups in total. The van der Waals surface area contributed by atoms with Gasteiger partial charge in [-0.2, -0.15) is 26.3 Å². The molecule has 0 aromatic heterocycles. The number of non-ortho nitro benzene ring substituents is 1. The Bertz CT molecular complexity index is 1170. The number of nitro groups is 1. The normalized spacial score (nSPS) is 12.0. The molecule has 0 heterocycles. The Morgan fingerprint density at radius 2 is 0.820 bits per heavy atom. The molecule has 61 heavy (non-hydrogen) atoms. The van der Waals surface area contributed by atoms with Gasteiger partial charge in [0.2, 0.25) is 0 Å². The fourth-order valence-electron chi connectivity index (χ4n) is 7.48. The van der Waals surface area contributed by atoms with Gasteiger partial charge in [0.25, 0.3) is 5.69 Å². The fraction of sp³-hybridized carbons (Fsp3) is 0.851. The van der Waals surface area contributed by atoms with Crippen LogP contribution in [0, 0.1) is 10.1 Å². The second kappa shape index (κ2) is 37.9. The third-order valence-electron chi connectivity index (χ3n) is 11.2. The number of unbranched alkanes of at least 4 members (excludes halogenated alkanes) is 26. The van der Waals surface area contributed by atoms with E-state index in [1.165, 1.54) is 102 Å². The minimum atomic E-state index is -4.02. The largest absolute Gasteiger partial charge is 0.445 e. The zero-order chi connectivity index (χ0) is 44.7. The summed E-state index contributed by atoms with van der Waals surface area (Å²) in [6, 6.07) is 6.04. The monoisotopic (exact) mass is 881 g/mol. The van der Waals surface area contributed by atoms with E-state index < -0.39 is 30.1 Å². The van der Waals surface area contributed by atoms with Gasteiger partial charge < -0.3 is 20.3 Å². The number of ether oxygens (including phenoxy) is 1. The summed E-state index contributed by atoms with van der Waals surface area (Å²) in [4.78, 5) is 25.4. The molecule has 0 spiro atoms. The Kier molecular flexibility index (Phi) is 35.0. The zero-order valence-corrected chi connectivity index (χ0v) is 37.5. The summed E-state index contributed by atoms with van der Waals surface area (Å²) in [5.74, 6) is 0. The molecule has 0 fully saturated rings. The van der Waals surface area contributed by atoms with E-state index in [0.29, 0.717) is 38.0 Å². The quantitative estimate of drug-likeness (QED) is 0.0294. The molecule has 0 aliphatic carbocycles. The van der Waals surface area contributed by atoms with E-state index in [-0.39, 0.29) is 31.2 Å². The van der Waals surface area contributed by atoms with E-state index in [4.69, 9.17) is 4.74 Å². The van der Waals surface area contributed by atoms with Crippen molar-refractivity contribution in [3.63, 3.8) is 0 Å². The molecule has 0 saturated carbocycles. The van der Waals surface area contributed by atoms with Gasteiger partial charge in [-0.3, -0.25) is 10.1 Å². The third-order valence-corrected chi connectivity index (χ3v) is 11.2. The van der Waals surface area contributed by atoms with Crippen LogP contribution in [0.2, 0.25) is 0 Å². The first-order valence-electron chi connectivity index (χ1n) is 24.1. The number of nitrogens with one attached hydrogen (secondary N) is 2. The highest BCUT2D eigenvalue weighted by molar-refractivity contribution is 5.67. The topological polar surface area (TPSA) is 96.7 Å². The van der Waals surface area contributed by atoms with Crippen LogP contribution in [0.3, 0.4) is 0 Å². The van der Waals surface area contributed by atoms with Crippen molar-refractivity contribution >= 4 is 11.8 Å². The van der Waals surface area contributed by atoms with Gasteiger partial charge >= 0.3 is 18.4 Å². The molecule has 14 heteroatoms. The average molecular weight is 881 g/mol. The number of carbonyl (C=O) groups excluding carboxylic acids is 1. The number of nitro benzene ring substituents is 1. The molecule has 0 atom stereocenters. The molecule has 356 valence electrons. The molecular formula is C47H82F6N4O4. The van der Waals surface area contributed by atoms with Crippen molar-refractivity contribution in [2.45, 2.75) is 218 Å². The lowest BCUT2D eigenvalue weighted by Crippen LogP contribution is -2.38. The molecule has 0 saturated heterocycles. The van der Waals surface area contributed by atoms with Crippen LogP contribution in [-0.4, -0.2) is 67.5 Å². The molecule has 0 aliphatic heterocycles. The Morgan fingerprint density at radius 3 is 1.18 bits per heavy atom. The van der Waals surface area contributed by atoms with Gasteiger partial charge in [-0.25, -0.2) is 4.79 Å². The van der Waals surface area contributed by atoms with E-state index in [1.54, 1.807) is 17.0 Å². The lowest BCUT2D eigenvalue weighted by Gasteiger charge is -2.22. The van der Waals surface area contributed by atoms with Crippen molar-refractivity contribution < 1.29 is 40.8 Å². The van der Waals surface area contributed by atoms with Crippen molar-refractivity contribution in [2.75, 3.05) is 39.3 Å². The van der Waals surface area contributed by atoms with Crippen molar-refractivity contribution in [1.82, 2.24) is 15.5 Å². The highest BCUT2D eigenvalue weighted by atomic mass is 19.4. The van der Waals surface area contributed by atoms with E-state index in [2.05, 4.69) is 10.6 Å². The van der Waals surface area contributed by atoms with Gasteiger partial charge in [0.1, 0.15) is 6.61 Å². The van der Waals surface area contributed by atoms with Gasteiger partial charge in [0.05, 0.1) is 4.92 Å². The lowest BCUT2D eigenvalue weighted by atomic mass is 10.0. The van der Waals surface area contributed by atoms with Crippen molar-refractivity contribution in [3.8, 4) is 0 Å². The van der Waals surface area contributed by atoms with Gasteiger partial charge in [-0.15, -0.1) is 0 Å². The van der Waals surface area contributed by atoms with Crippen molar-refractivity contribution in [1.29, 1.82) is 0 Å². The van der Waals surface area contributed by atoms with Crippen LogP contribution in [0.1, 0.15) is 205 Å². The molecule has 0 bridgehead atoms. The van der Waals surface area contributed by atoms with E-state index >= 15 is 0 Å². The number of carbonyl (C=O) groups is 1. The number of rotatable bonds is 42. The first-order chi connectivity index (χ1) is 29.4.